The normalized spacial score (nSPS) is 16.8. The molecule has 1 heterocycles. The molecule has 0 radical (unpaired) electrons. The minimum absolute atomic E-state index is 0.00449. The summed E-state index contributed by atoms with van der Waals surface area (Å²) in [5, 5.41) is 0.726. The first-order valence-electron chi connectivity index (χ1n) is 8.51. The van der Waals surface area contributed by atoms with Crippen LogP contribution < -0.4 is 0 Å². The van der Waals surface area contributed by atoms with E-state index in [-0.39, 0.29) is 5.78 Å². The first-order chi connectivity index (χ1) is 12.6. The van der Waals surface area contributed by atoms with Gasteiger partial charge < -0.3 is 4.74 Å². The zero-order chi connectivity index (χ0) is 18.1. The standard InChI is InChI=1S/C21H16BrNO3/c22-14-10-8-13(9-11-14)18-12-16(15-4-1-2-5-17(15)23-18)21(25)26-20-7-3-6-19(20)24/h1-2,4-5,8-12,20H,3,6-7H2/t20-/m0/s1. The van der Waals surface area contributed by atoms with Gasteiger partial charge in [-0.2, -0.15) is 0 Å². The third-order valence-corrected chi connectivity index (χ3v) is 5.10. The maximum absolute atomic E-state index is 12.8. The SMILES string of the molecule is O=C(O[C@H]1CCCC1=O)c1cc(-c2ccc(Br)cc2)nc2ccccc12. The van der Waals surface area contributed by atoms with Gasteiger partial charge in [0.1, 0.15) is 0 Å². The Morgan fingerprint density at radius 1 is 1.12 bits per heavy atom. The summed E-state index contributed by atoms with van der Waals surface area (Å²) in [5.74, 6) is -0.466. The van der Waals surface area contributed by atoms with E-state index < -0.39 is 12.1 Å². The molecule has 1 atom stereocenters. The van der Waals surface area contributed by atoms with Crippen molar-refractivity contribution in [3.63, 3.8) is 0 Å². The second kappa shape index (κ2) is 7.00. The number of aromatic nitrogens is 1. The van der Waals surface area contributed by atoms with Crippen LogP contribution in [0.2, 0.25) is 0 Å². The Kier molecular flexibility index (Phi) is 4.55. The number of halogens is 1. The lowest BCUT2D eigenvalue weighted by molar-refractivity contribution is -0.124. The predicted octanol–water partition coefficient (Wildman–Crippen LogP) is 4.94. The van der Waals surface area contributed by atoms with Gasteiger partial charge in [-0.3, -0.25) is 4.79 Å². The van der Waals surface area contributed by atoms with E-state index in [2.05, 4.69) is 20.9 Å². The summed E-state index contributed by atoms with van der Waals surface area (Å²) in [6.07, 6.45) is 1.25. The molecule has 0 amide bonds. The molecule has 1 aliphatic rings. The summed E-state index contributed by atoms with van der Waals surface area (Å²) in [5.41, 5.74) is 2.76. The van der Waals surface area contributed by atoms with Crippen molar-refractivity contribution in [3.05, 3.63) is 64.6 Å². The van der Waals surface area contributed by atoms with E-state index in [4.69, 9.17) is 4.74 Å². The molecule has 1 saturated carbocycles. The highest BCUT2D eigenvalue weighted by Crippen LogP contribution is 2.27. The summed E-state index contributed by atoms with van der Waals surface area (Å²) < 4.78 is 6.48. The summed E-state index contributed by atoms with van der Waals surface area (Å²) in [6, 6.07) is 17.0. The summed E-state index contributed by atoms with van der Waals surface area (Å²) in [7, 11) is 0. The highest BCUT2D eigenvalue weighted by Gasteiger charge is 2.29. The molecule has 0 saturated heterocycles. The summed E-state index contributed by atoms with van der Waals surface area (Å²) in [4.78, 5) is 29.3. The lowest BCUT2D eigenvalue weighted by atomic mass is 10.0. The Morgan fingerprint density at radius 3 is 2.62 bits per heavy atom. The number of Topliss-reactive ketones (excluding diaryl/α,β-unsaturated/α-hetero) is 1. The first kappa shape index (κ1) is 16.9. The van der Waals surface area contributed by atoms with Crippen molar-refractivity contribution in [2.24, 2.45) is 0 Å². The van der Waals surface area contributed by atoms with Gasteiger partial charge in [0.05, 0.1) is 16.8 Å². The number of ketones is 1. The molecule has 0 unspecified atom stereocenters. The molecule has 1 aromatic heterocycles. The second-order valence-electron chi connectivity index (χ2n) is 6.33. The van der Waals surface area contributed by atoms with Gasteiger partial charge in [-0.05, 0) is 37.1 Å². The molecule has 1 aliphatic carbocycles. The minimum Gasteiger partial charge on any atom is -0.451 e. The average molecular weight is 410 g/mol. The number of esters is 1. The van der Waals surface area contributed by atoms with Crippen molar-refractivity contribution >= 4 is 38.6 Å². The average Bonchev–Trinajstić information content (AvgIpc) is 3.06. The van der Waals surface area contributed by atoms with Gasteiger partial charge in [0.15, 0.2) is 11.9 Å². The third kappa shape index (κ3) is 3.27. The first-order valence-corrected chi connectivity index (χ1v) is 9.30. The van der Waals surface area contributed by atoms with Crippen LogP contribution in [-0.2, 0) is 9.53 Å². The molecule has 130 valence electrons. The molecular formula is C21H16BrNO3. The lowest BCUT2D eigenvalue weighted by Crippen LogP contribution is -2.22. The molecule has 3 aromatic rings. The third-order valence-electron chi connectivity index (χ3n) is 4.57. The van der Waals surface area contributed by atoms with Crippen molar-refractivity contribution < 1.29 is 14.3 Å². The van der Waals surface area contributed by atoms with E-state index >= 15 is 0 Å². The smallest absolute Gasteiger partial charge is 0.339 e. The largest absolute Gasteiger partial charge is 0.451 e. The van der Waals surface area contributed by atoms with Gasteiger partial charge in [0.2, 0.25) is 0 Å². The zero-order valence-electron chi connectivity index (χ0n) is 13.9. The van der Waals surface area contributed by atoms with E-state index in [9.17, 15) is 9.59 Å². The van der Waals surface area contributed by atoms with Gasteiger partial charge in [-0.1, -0.05) is 46.3 Å². The monoisotopic (exact) mass is 409 g/mol. The van der Waals surface area contributed by atoms with Gasteiger partial charge in [0, 0.05) is 21.8 Å². The lowest BCUT2D eigenvalue weighted by Gasteiger charge is -2.13. The number of ether oxygens (including phenoxy) is 1. The van der Waals surface area contributed by atoms with E-state index in [0.29, 0.717) is 24.1 Å². The van der Waals surface area contributed by atoms with E-state index in [1.165, 1.54) is 0 Å². The maximum atomic E-state index is 12.8. The molecule has 1 fully saturated rings. The Hall–Kier alpha value is -2.53. The maximum Gasteiger partial charge on any atom is 0.339 e. The Labute approximate surface area is 159 Å². The molecule has 4 nitrogen and oxygen atoms in total. The molecule has 0 aliphatic heterocycles. The fourth-order valence-corrected chi connectivity index (χ4v) is 3.48. The van der Waals surface area contributed by atoms with Crippen LogP contribution in [0.5, 0.6) is 0 Å². The fourth-order valence-electron chi connectivity index (χ4n) is 3.21. The minimum atomic E-state index is -0.620. The number of pyridine rings is 1. The number of hydrogen-bond acceptors (Lipinski definition) is 4. The molecule has 0 N–H and O–H groups in total. The van der Waals surface area contributed by atoms with Crippen LogP contribution in [0.4, 0.5) is 0 Å². The van der Waals surface area contributed by atoms with Crippen LogP contribution >= 0.6 is 15.9 Å². The highest BCUT2D eigenvalue weighted by molar-refractivity contribution is 9.10. The number of fused-ring (bicyclic) bond motifs is 1. The van der Waals surface area contributed by atoms with E-state index in [0.717, 1.165) is 27.4 Å². The number of benzene rings is 2. The molecular weight excluding hydrogens is 394 g/mol. The number of carbonyl (C=O) groups is 2. The van der Waals surface area contributed by atoms with Crippen molar-refractivity contribution in [2.45, 2.75) is 25.4 Å². The van der Waals surface area contributed by atoms with Crippen molar-refractivity contribution in [1.29, 1.82) is 0 Å². The topological polar surface area (TPSA) is 56.3 Å². The summed E-state index contributed by atoms with van der Waals surface area (Å²) in [6.45, 7) is 0. The number of rotatable bonds is 3. The van der Waals surface area contributed by atoms with Crippen LogP contribution in [0.25, 0.3) is 22.2 Å². The molecule has 5 heteroatoms. The number of nitrogens with zero attached hydrogens (tertiary/aromatic N) is 1. The molecule has 4 rings (SSSR count). The van der Waals surface area contributed by atoms with Crippen molar-refractivity contribution in [3.8, 4) is 11.3 Å². The fraction of sp³-hybridized carbons (Fsp3) is 0.190. The van der Waals surface area contributed by atoms with Crippen molar-refractivity contribution in [2.75, 3.05) is 0 Å². The van der Waals surface area contributed by atoms with Crippen molar-refractivity contribution in [1.82, 2.24) is 4.98 Å². The van der Waals surface area contributed by atoms with Gasteiger partial charge in [-0.25, -0.2) is 9.78 Å². The number of carbonyl (C=O) groups excluding carboxylic acids is 2. The second-order valence-corrected chi connectivity index (χ2v) is 7.25. The Bertz CT molecular complexity index is 998. The Morgan fingerprint density at radius 2 is 1.88 bits per heavy atom. The quantitative estimate of drug-likeness (QED) is 0.574. The van der Waals surface area contributed by atoms with Gasteiger partial charge in [-0.15, -0.1) is 0 Å². The van der Waals surface area contributed by atoms with Gasteiger partial charge >= 0.3 is 5.97 Å². The van der Waals surface area contributed by atoms with Crippen LogP contribution in [0.15, 0.2) is 59.1 Å². The van der Waals surface area contributed by atoms with E-state index in [1.54, 1.807) is 6.07 Å². The van der Waals surface area contributed by atoms with E-state index in [1.807, 2.05) is 48.5 Å². The molecule has 2 aromatic carbocycles. The predicted molar refractivity (Wildman–Crippen MR) is 103 cm³/mol. The van der Waals surface area contributed by atoms with Crippen LogP contribution in [0.1, 0.15) is 29.6 Å². The summed E-state index contributed by atoms with van der Waals surface area (Å²) >= 11 is 3.42. The van der Waals surface area contributed by atoms with Crippen LogP contribution in [0, 0.1) is 0 Å². The Balaban J connectivity index is 1.78. The van der Waals surface area contributed by atoms with Crippen LogP contribution in [0.3, 0.4) is 0 Å². The number of hydrogen-bond donors (Lipinski definition) is 0. The molecule has 0 spiro atoms. The number of para-hydroxylation sites is 1. The van der Waals surface area contributed by atoms with Crippen LogP contribution in [-0.4, -0.2) is 22.8 Å². The highest BCUT2D eigenvalue weighted by atomic mass is 79.9. The zero-order valence-corrected chi connectivity index (χ0v) is 15.5. The van der Waals surface area contributed by atoms with Gasteiger partial charge in [0.25, 0.3) is 0 Å². The molecule has 26 heavy (non-hydrogen) atoms. The molecule has 0 bridgehead atoms.